The summed E-state index contributed by atoms with van der Waals surface area (Å²) in [7, 11) is 0. The smallest absolute Gasteiger partial charge is 0.292 e. The Morgan fingerprint density at radius 3 is 2.14 bits per heavy atom. The summed E-state index contributed by atoms with van der Waals surface area (Å²) in [5.41, 5.74) is 10.5. The summed E-state index contributed by atoms with van der Waals surface area (Å²) in [5, 5.41) is 28.9. The summed E-state index contributed by atoms with van der Waals surface area (Å²) in [4.78, 5) is 64.3. The highest BCUT2D eigenvalue weighted by Gasteiger charge is 2.29. The van der Waals surface area contributed by atoms with Crippen molar-refractivity contribution in [2.45, 2.75) is 71.1 Å². The SMILES string of the molecule is CC(C)Cc1ccc(C(C)C(=O)NC(Cc2cn(Cc3cn(CC(=O)Nc4ccccc4[N+](=O)[O-])nn3)c3ccccc23)C(=O)NC(Cc2ccccc2)C(N)=O)cc1. The van der Waals surface area contributed by atoms with Gasteiger partial charge in [-0.3, -0.25) is 29.3 Å². The molecule has 6 aromatic rings. The Hall–Kier alpha value is -7.16. The number of nitrogens with zero attached hydrogens (tertiary/aromatic N) is 5. The third-order valence-electron chi connectivity index (χ3n) is 9.99. The van der Waals surface area contributed by atoms with Gasteiger partial charge in [-0.05, 0) is 53.6 Å². The molecule has 0 aliphatic rings. The number of carbonyl (C=O) groups excluding carboxylic acids is 4. The molecule has 5 N–H and O–H groups in total. The fourth-order valence-electron chi connectivity index (χ4n) is 6.99. The van der Waals surface area contributed by atoms with Crippen LogP contribution in [0.15, 0.2) is 116 Å². The Morgan fingerprint density at radius 2 is 1.42 bits per heavy atom. The van der Waals surface area contributed by atoms with Gasteiger partial charge in [-0.15, -0.1) is 5.10 Å². The van der Waals surface area contributed by atoms with Gasteiger partial charge >= 0.3 is 0 Å². The van der Waals surface area contributed by atoms with E-state index in [1.54, 1.807) is 19.2 Å². The summed E-state index contributed by atoms with van der Waals surface area (Å²) >= 11 is 0. The summed E-state index contributed by atoms with van der Waals surface area (Å²) in [6.07, 6.45) is 4.66. The number of rotatable bonds is 18. The highest BCUT2D eigenvalue weighted by atomic mass is 16.6. The van der Waals surface area contributed by atoms with Crippen molar-refractivity contribution in [3.05, 3.63) is 154 Å². The third-order valence-corrected chi connectivity index (χ3v) is 9.99. The minimum Gasteiger partial charge on any atom is -0.368 e. The molecular weight excluding hydrogens is 751 g/mol. The van der Waals surface area contributed by atoms with Crippen LogP contribution in [-0.2, 0) is 51.5 Å². The lowest BCUT2D eigenvalue weighted by atomic mass is 9.95. The number of aromatic nitrogens is 4. The second kappa shape index (κ2) is 18.9. The van der Waals surface area contributed by atoms with Crippen molar-refractivity contribution in [3.63, 3.8) is 0 Å². The van der Waals surface area contributed by atoms with Crippen molar-refractivity contribution in [3.8, 4) is 0 Å². The lowest BCUT2D eigenvalue weighted by Gasteiger charge is -2.24. The van der Waals surface area contributed by atoms with Gasteiger partial charge in [0, 0.05) is 36.0 Å². The Morgan fingerprint density at radius 1 is 0.763 bits per heavy atom. The minimum absolute atomic E-state index is 0.0731. The van der Waals surface area contributed by atoms with Crippen molar-refractivity contribution in [2.24, 2.45) is 11.7 Å². The molecular formula is C44H47N9O6. The van der Waals surface area contributed by atoms with E-state index in [9.17, 15) is 29.3 Å². The molecule has 15 nitrogen and oxygen atoms in total. The largest absolute Gasteiger partial charge is 0.368 e. The molecule has 4 amide bonds. The average molecular weight is 798 g/mol. The number of para-hydroxylation sites is 3. The van der Waals surface area contributed by atoms with E-state index < -0.39 is 40.6 Å². The summed E-state index contributed by atoms with van der Waals surface area (Å²) in [6, 6.07) is 28.5. The Kier molecular flexibility index (Phi) is 13.3. The van der Waals surface area contributed by atoms with Gasteiger partial charge in [0.15, 0.2) is 0 Å². The van der Waals surface area contributed by atoms with Crippen molar-refractivity contribution in [2.75, 3.05) is 5.32 Å². The van der Waals surface area contributed by atoms with Gasteiger partial charge in [-0.2, -0.15) is 0 Å². The van der Waals surface area contributed by atoms with Gasteiger partial charge in [0.1, 0.15) is 30.0 Å². The molecule has 15 heteroatoms. The fraction of sp³-hybridized carbons (Fsp3) is 0.273. The van der Waals surface area contributed by atoms with E-state index in [0.29, 0.717) is 11.6 Å². The van der Waals surface area contributed by atoms with Crippen LogP contribution in [0.2, 0.25) is 0 Å². The van der Waals surface area contributed by atoms with Crippen LogP contribution in [0, 0.1) is 16.0 Å². The number of hydrogen-bond acceptors (Lipinski definition) is 8. The third kappa shape index (κ3) is 10.8. The molecule has 0 fully saturated rings. The van der Waals surface area contributed by atoms with Gasteiger partial charge in [0.25, 0.3) is 5.69 Å². The van der Waals surface area contributed by atoms with Crippen LogP contribution in [0.4, 0.5) is 11.4 Å². The first kappa shape index (κ1) is 41.5. The summed E-state index contributed by atoms with van der Waals surface area (Å²) < 4.78 is 3.28. The van der Waals surface area contributed by atoms with E-state index in [4.69, 9.17) is 5.73 Å². The molecule has 3 unspecified atom stereocenters. The topological polar surface area (TPSA) is 209 Å². The first-order valence-electron chi connectivity index (χ1n) is 19.4. The first-order chi connectivity index (χ1) is 28.3. The standard InChI is InChI=1S/C44H47N9O6/c1-28(2)21-31-17-19-32(20-18-31)29(3)43(56)48-38(44(57)47-37(42(45)55)22-30-11-5-4-6-12-30)23-33-24-51(39-15-9-7-13-35(33)39)25-34-26-52(50-49-34)27-41(54)46-36-14-8-10-16-40(36)53(58)59/h4-20,24,26,28-29,37-38H,21-23,25,27H2,1-3H3,(H2,45,55)(H,46,54)(H,47,57)(H,48,56). The van der Waals surface area contributed by atoms with E-state index in [-0.39, 0.29) is 43.2 Å². The van der Waals surface area contributed by atoms with Crippen LogP contribution in [0.5, 0.6) is 0 Å². The van der Waals surface area contributed by atoms with Crippen LogP contribution in [0.25, 0.3) is 10.9 Å². The number of nitrogens with one attached hydrogen (secondary N) is 3. The van der Waals surface area contributed by atoms with Crippen molar-refractivity contribution in [1.29, 1.82) is 0 Å². The molecule has 2 aromatic heterocycles. The molecule has 0 aliphatic heterocycles. The number of primary amides is 1. The first-order valence-corrected chi connectivity index (χ1v) is 19.4. The molecule has 0 radical (unpaired) electrons. The van der Waals surface area contributed by atoms with Gasteiger partial charge < -0.3 is 26.3 Å². The molecule has 304 valence electrons. The Balaban J connectivity index is 1.22. The Labute approximate surface area is 341 Å². The average Bonchev–Trinajstić information content (AvgIpc) is 3.80. The lowest BCUT2D eigenvalue weighted by molar-refractivity contribution is -0.383. The highest BCUT2D eigenvalue weighted by molar-refractivity contribution is 5.94. The van der Waals surface area contributed by atoms with Crippen LogP contribution >= 0.6 is 0 Å². The normalized spacial score (nSPS) is 12.7. The molecule has 0 aliphatic carbocycles. The zero-order valence-corrected chi connectivity index (χ0v) is 33.1. The number of nitro groups is 1. The van der Waals surface area contributed by atoms with Gasteiger partial charge in [-0.25, -0.2) is 4.68 Å². The Bertz CT molecular complexity index is 2440. The van der Waals surface area contributed by atoms with E-state index in [1.165, 1.54) is 28.4 Å². The monoisotopic (exact) mass is 797 g/mol. The maximum Gasteiger partial charge on any atom is 0.292 e. The second-order valence-electron chi connectivity index (χ2n) is 15.0. The number of hydrogen-bond donors (Lipinski definition) is 4. The van der Waals surface area contributed by atoms with E-state index in [2.05, 4.69) is 40.1 Å². The van der Waals surface area contributed by atoms with E-state index >= 15 is 0 Å². The van der Waals surface area contributed by atoms with Crippen molar-refractivity contribution >= 4 is 45.9 Å². The predicted octanol–water partition coefficient (Wildman–Crippen LogP) is 5.07. The molecule has 3 atom stereocenters. The van der Waals surface area contributed by atoms with E-state index in [0.717, 1.165) is 34.0 Å². The number of anilines is 1. The minimum atomic E-state index is -1.08. The second-order valence-corrected chi connectivity index (χ2v) is 15.0. The van der Waals surface area contributed by atoms with Gasteiger partial charge in [-0.1, -0.05) is 104 Å². The number of carbonyl (C=O) groups is 4. The molecule has 0 saturated carbocycles. The molecule has 2 heterocycles. The summed E-state index contributed by atoms with van der Waals surface area (Å²) in [5.74, 6) is -2.23. The van der Waals surface area contributed by atoms with Crippen molar-refractivity contribution < 1.29 is 24.1 Å². The molecule has 0 spiro atoms. The quantitative estimate of drug-likeness (QED) is 0.0680. The highest BCUT2D eigenvalue weighted by Crippen LogP contribution is 2.26. The zero-order valence-electron chi connectivity index (χ0n) is 33.1. The molecule has 59 heavy (non-hydrogen) atoms. The van der Waals surface area contributed by atoms with Crippen LogP contribution < -0.4 is 21.7 Å². The zero-order chi connectivity index (χ0) is 42.1. The number of nitrogens with two attached hydrogens (primary N) is 1. The predicted molar refractivity (Wildman–Crippen MR) is 223 cm³/mol. The van der Waals surface area contributed by atoms with E-state index in [1.807, 2.05) is 89.6 Å². The maximum absolute atomic E-state index is 14.2. The maximum atomic E-state index is 14.2. The van der Waals surface area contributed by atoms with Gasteiger partial charge in [0.2, 0.25) is 23.6 Å². The van der Waals surface area contributed by atoms with Crippen LogP contribution in [0.3, 0.4) is 0 Å². The molecule has 4 aromatic carbocycles. The number of amides is 4. The van der Waals surface area contributed by atoms with Crippen LogP contribution in [0.1, 0.15) is 54.6 Å². The molecule has 0 bridgehead atoms. The number of fused-ring (bicyclic) bond motifs is 1. The number of nitro benzene ring substituents is 1. The number of benzene rings is 4. The molecule has 0 saturated heterocycles. The van der Waals surface area contributed by atoms with Crippen molar-refractivity contribution in [1.82, 2.24) is 30.2 Å². The summed E-state index contributed by atoms with van der Waals surface area (Å²) in [6.45, 7) is 6.10. The lowest BCUT2D eigenvalue weighted by Crippen LogP contribution is -2.54. The van der Waals surface area contributed by atoms with Gasteiger partial charge in [0.05, 0.1) is 23.6 Å². The fourth-order valence-corrected chi connectivity index (χ4v) is 6.99. The molecule has 6 rings (SSSR count). The van der Waals surface area contributed by atoms with Crippen LogP contribution in [-0.4, -0.2) is 60.2 Å².